The molecule has 1 heterocycles. The molecule has 2 rings (SSSR count). The molecule has 0 saturated carbocycles. The Morgan fingerprint density at radius 3 is 3.11 bits per heavy atom. The lowest BCUT2D eigenvalue weighted by Crippen LogP contribution is -2.37. The van der Waals surface area contributed by atoms with E-state index in [0.717, 1.165) is 13.0 Å². The van der Waals surface area contributed by atoms with Crippen LogP contribution in [0.3, 0.4) is 0 Å². The Morgan fingerprint density at radius 1 is 1.61 bits per heavy atom. The molecule has 5 nitrogen and oxygen atoms in total. The number of rotatable bonds is 4. The zero-order valence-corrected chi connectivity index (χ0v) is 10.5. The van der Waals surface area contributed by atoms with Gasteiger partial charge in [-0.2, -0.15) is 0 Å². The second kappa shape index (κ2) is 5.73. The smallest absolute Gasteiger partial charge is 0.255 e. The molecule has 1 amide bonds. The van der Waals surface area contributed by atoms with E-state index >= 15 is 0 Å². The van der Waals surface area contributed by atoms with Crippen molar-refractivity contribution in [1.82, 2.24) is 10.6 Å². The van der Waals surface area contributed by atoms with Crippen molar-refractivity contribution in [1.29, 1.82) is 0 Å². The zero-order valence-electron chi connectivity index (χ0n) is 10.5. The Bertz CT molecular complexity index is 428. The first-order chi connectivity index (χ1) is 8.70. The third-order valence-electron chi connectivity index (χ3n) is 3.14. The highest BCUT2D eigenvalue weighted by Gasteiger charge is 2.17. The van der Waals surface area contributed by atoms with Crippen molar-refractivity contribution in [2.45, 2.75) is 18.9 Å². The van der Waals surface area contributed by atoms with E-state index in [4.69, 9.17) is 10.5 Å². The summed E-state index contributed by atoms with van der Waals surface area (Å²) in [5.74, 6) is 0.382. The maximum absolute atomic E-state index is 12.0. The van der Waals surface area contributed by atoms with Gasteiger partial charge in [-0.3, -0.25) is 4.79 Å². The predicted molar refractivity (Wildman–Crippen MR) is 70.8 cm³/mol. The van der Waals surface area contributed by atoms with Crippen molar-refractivity contribution >= 4 is 11.6 Å². The van der Waals surface area contributed by atoms with Crippen LogP contribution >= 0.6 is 0 Å². The summed E-state index contributed by atoms with van der Waals surface area (Å²) in [6.07, 6.45) is 2.28. The summed E-state index contributed by atoms with van der Waals surface area (Å²) in [6, 6.07) is 5.42. The molecule has 1 unspecified atom stereocenters. The number of carbonyl (C=O) groups excluding carboxylic acids is 1. The van der Waals surface area contributed by atoms with Gasteiger partial charge in [0.2, 0.25) is 0 Å². The second-order valence-electron chi connectivity index (χ2n) is 4.46. The van der Waals surface area contributed by atoms with Crippen LogP contribution in [-0.2, 0) is 0 Å². The van der Waals surface area contributed by atoms with Gasteiger partial charge in [-0.05, 0) is 31.5 Å². The van der Waals surface area contributed by atoms with Gasteiger partial charge in [0, 0.05) is 24.3 Å². The SMILES string of the molecule is COc1cc(N)ccc1C(=O)NCC1CCCN1. The molecule has 5 heteroatoms. The lowest BCUT2D eigenvalue weighted by molar-refractivity contribution is 0.0947. The van der Waals surface area contributed by atoms with E-state index < -0.39 is 0 Å². The van der Waals surface area contributed by atoms with Crippen LogP contribution in [0.25, 0.3) is 0 Å². The predicted octanol–water partition coefficient (Wildman–Crippen LogP) is 0.759. The lowest BCUT2D eigenvalue weighted by Gasteiger charge is -2.13. The van der Waals surface area contributed by atoms with Crippen LogP contribution in [0, 0.1) is 0 Å². The highest BCUT2D eigenvalue weighted by molar-refractivity contribution is 5.97. The topological polar surface area (TPSA) is 76.4 Å². The van der Waals surface area contributed by atoms with Crippen LogP contribution in [0.2, 0.25) is 0 Å². The minimum absolute atomic E-state index is 0.124. The van der Waals surface area contributed by atoms with Crippen molar-refractivity contribution in [2.75, 3.05) is 25.9 Å². The molecular weight excluding hydrogens is 230 g/mol. The number of benzene rings is 1. The van der Waals surface area contributed by atoms with E-state index in [1.165, 1.54) is 13.5 Å². The normalized spacial score (nSPS) is 18.6. The van der Waals surface area contributed by atoms with Crippen LogP contribution in [0.1, 0.15) is 23.2 Å². The summed E-state index contributed by atoms with van der Waals surface area (Å²) in [5.41, 5.74) is 6.76. The van der Waals surface area contributed by atoms with Gasteiger partial charge in [0.05, 0.1) is 12.7 Å². The number of nitrogens with one attached hydrogen (secondary N) is 2. The van der Waals surface area contributed by atoms with Crippen molar-refractivity contribution in [2.24, 2.45) is 0 Å². The minimum atomic E-state index is -0.124. The molecule has 1 aliphatic heterocycles. The summed E-state index contributed by atoms with van der Waals surface area (Å²) in [4.78, 5) is 12.0. The molecule has 0 spiro atoms. The second-order valence-corrected chi connectivity index (χ2v) is 4.46. The van der Waals surface area contributed by atoms with Crippen molar-refractivity contribution in [3.05, 3.63) is 23.8 Å². The highest BCUT2D eigenvalue weighted by atomic mass is 16.5. The van der Waals surface area contributed by atoms with Crippen molar-refractivity contribution in [3.8, 4) is 5.75 Å². The van der Waals surface area contributed by atoms with Crippen LogP contribution < -0.4 is 21.1 Å². The Balaban J connectivity index is 1.99. The molecule has 98 valence electrons. The Kier molecular flexibility index (Phi) is 4.04. The summed E-state index contributed by atoms with van der Waals surface area (Å²) >= 11 is 0. The van der Waals surface area contributed by atoms with Crippen LogP contribution in [0.15, 0.2) is 18.2 Å². The van der Waals surface area contributed by atoms with Crippen LogP contribution in [0.5, 0.6) is 5.75 Å². The van der Waals surface area contributed by atoms with Gasteiger partial charge in [0.1, 0.15) is 5.75 Å². The Hall–Kier alpha value is -1.75. The first-order valence-electron chi connectivity index (χ1n) is 6.16. The van der Waals surface area contributed by atoms with Gasteiger partial charge in [-0.15, -0.1) is 0 Å². The molecule has 4 N–H and O–H groups in total. The number of methoxy groups -OCH3 is 1. The van der Waals surface area contributed by atoms with Crippen molar-refractivity contribution < 1.29 is 9.53 Å². The van der Waals surface area contributed by atoms with Gasteiger partial charge in [-0.25, -0.2) is 0 Å². The molecule has 18 heavy (non-hydrogen) atoms. The average molecular weight is 249 g/mol. The summed E-state index contributed by atoms with van der Waals surface area (Å²) < 4.78 is 5.16. The van der Waals surface area contributed by atoms with Gasteiger partial charge in [0.15, 0.2) is 0 Å². The van der Waals surface area contributed by atoms with Gasteiger partial charge >= 0.3 is 0 Å². The highest BCUT2D eigenvalue weighted by Crippen LogP contribution is 2.21. The fourth-order valence-electron chi connectivity index (χ4n) is 2.14. The number of anilines is 1. The summed E-state index contributed by atoms with van der Waals surface area (Å²) in [6.45, 7) is 1.68. The maximum Gasteiger partial charge on any atom is 0.255 e. The quantitative estimate of drug-likeness (QED) is 0.689. The number of nitrogen functional groups attached to an aromatic ring is 1. The van der Waals surface area contributed by atoms with E-state index in [2.05, 4.69) is 10.6 Å². The fourth-order valence-corrected chi connectivity index (χ4v) is 2.14. The number of nitrogens with two attached hydrogens (primary N) is 1. The minimum Gasteiger partial charge on any atom is -0.496 e. The molecule has 0 bridgehead atoms. The van der Waals surface area contributed by atoms with E-state index in [1.807, 2.05) is 0 Å². The molecule has 1 aromatic carbocycles. The Morgan fingerprint density at radius 2 is 2.44 bits per heavy atom. The molecule has 1 aromatic rings. The third kappa shape index (κ3) is 2.92. The Labute approximate surface area is 107 Å². The largest absolute Gasteiger partial charge is 0.496 e. The molecule has 0 aromatic heterocycles. The van der Waals surface area contributed by atoms with E-state index in [9.17, 15) is 4.79 Å². The van der Waals surface area contributed by atoms with E-state index in [0.29, 0.717) is 29.6 Å². The first-order valence-corrected chi connectivity index (χ1v) is 6.16. The fraction of sp³-hybridized carbons (Fsp3) is 0.462. The van der Waals surface area contributed by atoms with Crippen LogP contribution in [0.4, 0.5) is 5.69 Å². The summed E-state index contributed by atoms with van der Waals surface area (Å²) in [5, 5.41) is 6.25. The molecule has 1 saturated heterocycles. The average Bonchev–Trinajstić information content (AvgIpc) is 2.88. The first kappa shape index (κ1) is 12.7. The molecule has 0 radical (unpaired) electrons. The molecule has 1 fully saturated rings. The van der Waals surface area contributed by atoms with Gasteiger partial charge in [-0.1, -0.05) is 0 Å². The third-order valence-corrected chi connectivity index (χ3v) is 3.14. The standard InChI is InChI=1S/C13H19N3O2/c1-18-12-7-9(14)4-5-11(12)13(17)16-8-10-3-2-6-15-10/h4-5,7,10,15H,2-3,6,8,14H2,1H3,(H,16,17). The number of hydrogen-bond acceptors (Lipinski definition) is 4. The monoisotopic (exact) mass is 249 g/mol. The molecular formula is C13H19N3O2. The van der Waals surface area contributed by atoms with E-state index in [1.54, 1.807) is 18.2 Å². The number of hydrogen-bond donors (Lipinski definition) is 3. The number of carbonyl (C=O) groups is 1. The van der Waals surface area contributed by atoms with Gasteiger partial charge < -0.3 is 21.1 Å². The molecule has 1 aliphatic rings. The molecule has 0 aliphatic carbocycles. The lowest BCUT2D eigenvalue weighted by atomic mass is 10.1. The number of ether oxygens (including phenoxy) is 1. The molecule has 1 atom stereocenters. The summed E-state index contributed by atoms with van der Waals surface area (Å²) in [7, 11) is 1.53. The zero-order chi connectivity index (χ0) is 13.0. The maximum atomic E-state index is 12.0. The van der Waals surface area contributed by atoms with Crippen molar-refractivity contribution in [3.63, 3.8) is 0 Å². The van der Waals surface area contributed by atoms with Gasteiger partial charge in [0.25, 0.3) is 5.91 Å². The number of amides is 1. The van der Waals surface area contributed by atoms with E-state index in [-0.39, 0.29) is 5.91 Å². The van der Waals surface area contributed by atoms with Crippen LogP contribution in [-0.4, -0.2) is 32.1 Å².